The van der Waals surface area contributed by atoms with Gasteiger partial charge in [-0.25, -0.2) is 9.97 Å². The fraction of sp³-hybridized carbons (Fsp3) is 0. The van der Waals surface area contributed by atoms with E-state index >= 15 is 0 Å². The summed E-state index contributed by atoms with van der Waals surface area (Å²) in [5.41, 5.74) is 5.13. The third kappa shape index (κ3) is 4.82. The minimum atomic E-state index is -0.0523. The first-order valence-corrected chi connectivity index (χ1v) is 13.0. The molecule has 0 atom stereocenters. The van der Waals surface area contributed by atoms with Crippen molar-refractivity contribution in [1.29, 1.82) is 0 Å². The first kappa shape index (κ1) is 23.7. The van der Waals surface area contributed by atoms with Crippen LogP contribution in [0.4, 0.5) is 0 Å². The van der Waals surface area contributed by atoms with Crippen molar-refractivity contribution in [3.63, 3.8) is 0 Å². The van der Waals surface area contributed by atoms with E-state index in [0.717, 1.165) is 37.9 Å². The van der Waals surface area contributed by atoms with Gasteiger partial charge in [-0.1, -0.05) is 104 Å². The third-order valence-electron chi connectivity index (χ3n) is 6.18. The van der Waals surface area contributed by atoms with Crippen molar-refractivity contribution in [2.24, 2.45) is 0 Å². The number of aromatic nitrogens is 4. The molecule has 182 valence electrons. The number of nitrogens with zero attached hydrogens (tertiary/aromatic N) is 4. The Morgan fingerprint density at radius 2 is 1.50 bits per heavy atom. The molecule has 6 aromatic rings. The van der Waals surface area contributed by atoms with Gasteiger partial charge in [-0.2, -0.15) is 0 Å². The topological polar surface area (TPSA) is 51.7 Å². The first-order chi connectivity index (χ1) is 18.7. The Hall–Kier alpha value is -4.68. The van der Waals surface area contributed by atoms with Crippen LogP contribution in [0.15, 0.2) is 132 Å². The van der Waals surface area contributed by atoms with Gasteiger partial charge in [0.15, 0.2) is 5.78 Å². The molecule has 0 saturated carbocycles. The molecule has 0 aliphatic carbocycles. The molecule has 0 bridgehead atoms. The molecule has 0 aliphatic rings. The zero-order chi connectivity index (χ0) is 25.9. The molecule has 0 N–H and O–H groups in total. The Kier molecular flexibility index (Phi) is 6.46. The summed E-state index contributed by atoms with van der Waals surface area (Å²) >= 11 is 3.59. The molecule has 6 rings (SSSR count). The Morgan fingerprint density at radius 1 is 0.816 bits per heavy atom. The molecular weight excluding hydrogens is 536 g/mol. The van der Waals surface area contributed by atoms with Crippen LogP contribution in [-0.2, 0) is 0 Å². The van der Waals surface area contributed by atoms with Crippen molar-refractivity contribution < 1.29 is 9.48 Å². The Labute approximate surface area is 228 Å². The van der Waals surface area contributed by atoms with Crippen molar-refractivity contribution in [2.75, 3.05) is 0 Å². The zero-order valence-electron chi connectivity index (χ0n) is 20.3. The second-order valence-corrected chi connectivity index (χ2v) is 9.66. The maximum atomic E-state index is 12.7. The summed E-state index contributed by atoms with van der Waals surface area (Å²) in [6, 6.07) is 35.4. The summed E-state index contributed by atoms with van der Waals surface area (Å²) in [6.07, 6.45) is 7.33. The number of benzene rings is 4. The number of rotatable bonds is 6. The highest BCUT2D eigenvalue weighted by atomic mass is 79.9. The highest BCUT2D eigenvalue weighted by Gasteiger charge is 2.21. The monoisotopic (exact) mass is 557 g/mol. The van der Waals surface area contributed by atoms with Crippen molar-refractivity contribution in [3.05, 3.63) is 143 Å². The quantitative estimate of drug-likeness (QED) is 0.125. The predicted molar refractivity (Wildman–Crippen MR) is 153 cm³/mol. The average molecular weight is 558 g/mol. The van der Waals surface area contributed by atoms with Crippen LogP contribution in [-0.4, -0.2) is 20.4 Å². The van der Waals surface area contributed by atoms with Gasteiger partial charge in [0.2, 0.25) is 11.9 Å². The number of para-hydroxylation sites is 1. The van der Waals surface area contributed by atoms with Crippen LogP contribution in [0.2, 0.25) is 0 Å². The molecular formula is C32H22BrN4O+. The fourth-order valence-corrected chi connectivity index (χ4v) is 4.70. The molecule has 0 radical (unpaired) electrons. The average Bonchev–Trinajstić information content (AvgIpc) is 3.41. The molecule has 2 heterocycles. The molecule has 6 heteroatoms. The van der Waals surface area contributed by atoms with Crippen LogP contribution in [0.1, 0.15) is 15.9 Å². The lowest BCUT2D eigenvalue weighted by atomic mass is 10.1. The number of allylic oxidation sites excluding steroid dienone is 1. The molecule has 5 nitrogen and oxygen atoms in total. The third-order valence-corrected chi connectivity index (χ3v) is 6.67. The number of hydrogen-bond acceptors (Lipinski definition) is 3. The van der Waals surface area contributed by atoms with Crippen LogP contribution >= 0.6 is 15.9 Å². The summed E-state index contributed by atoms with van der Waals surface area (Å²) in [6.45, 7) is 0. The smallest absolute Gasteiger partial charge is 0.289 e. The first-order valence-electron chi connectivity index (χ1n) is 12.2. The lowest BCUT2D eigenvalue weighted by Gasteiger charge is -2.09. The Bertz CT molecular complexity index is 1780. The van der Waals surface area contributed by atoms with E-state index in [1.807, 2.05) is 125 Å². The predicted octanol–water partition coefficient (Wildman–Crippen LogP) is 7.02. The van der Waals surface area contributed by atoms with Gasteiger partial charge in [-0.05, 0) is 30.4 Å². The highest BCUT2D eigenvalue weighted by Crippen LogP contribution is 2.29. The van der Waals surface area contributed by atoms with Crippen molar-refractivity contribution in [1.82, 2.24) is 14.6 Å². The number of halogens is 1. The van der Waals surface area contributed by atoms with Gasteiger partial charge < -0.3 is 0 Å². The number of hydrogen-bond donors (Lipinski definition) is 0. The lowest BCUT2D eigenvalue weighted by molar-refractivity contribution is -0.675. The lowest BCUT2D eigenvalue weighted by Crippen LogP contribution is -2.39. The van der Waals surface area contributed by atoms with Crippen LogP contribution < -0.4 is 4.68 Å². The van der Waals surface area contributed by atoms with E-state index < -0.39 is 0 Å². The summed E-state index contributed by atoms with van der Waals surface area (Å²) in [7, 11) is 0. The standard InChI is InChI=1S/C32H22BrN4O/c33-26-17-18-29-28(20-26)31(25-12-6-2-7-13-25)35-32(34-29)37-22-23(21-36(37)27-14-8-3-9-15-27)16-19-30(38)24-10-4-1-5-11-24/h1-22H/q+1/b19-16+. The van der Waals surface area contributed by atoms with Gasteiger partial charge in [-0.15, -0.1) is 0 Å². The highest BCUT2D eigenvalue weighted by molar-refractivity contribution is 9.10. The van der Waals surface area contributed by atoms with E-state index in [0.29, 0.717) is 11.5 Å². The number of carbonyl (C=O) groups is 1. The molecule has 0 unspecified atom stereocenters. The summed E-state index contributed by atoms with van der Waals surface area (Å²) in [5, 5.41) is 0.960. The van der Waals surface area contributed by atoms with Crippen molar-refractivity contribution in [3.8, 4) is 22.9 Å². The number of fused-ring (bicyclic) bond motifs is 1. The van der Waals surface area contributed by atoms with Crippen LogP contribution in [0.5, 0.6) is 0 Å². The molecule has 4 aromatic carbocycles. The van der Waals surface area contributed by atoms with Gasteiger partial charge in [0.25, 0.3) is 5.95 Å². The molecule has 38 heavy (non-hydrogen) atoms. The van der Waals surface area contributed by atoms with Crippen LogP contribution in [0.3, 0.4) is 0 Å². The largest absolute Gasteiger partial charge is 0.289 e. The molecule has 0 spiro atoms. The minimum Gasteiger partial charge on any atom is -0.289 e. The van der Waals surface area contributed by atoms with Crippen molar-refractivity contribution >= 4 is 38.7 Å². The molecule has 0 fully saturated rings. The summed E-state index contributed by atoms with van der Waals surface area (Å²) in [4.78, 5) is 22.7. The number of carbonyl (C=O) groups excluding carboxylic acids is 1. The molecule has 0 aliphatic heterocycles. The molecule has 0 amide bonds. The van der Waals surface area contributed by atoms with E-state index in [1.165, 1.54) is 0 Å². The number of ketones is 1. The van der Waals surface area contributed by atoms with E-state index in [1.54, 1.807) is 6.08 Å². The van der Waals surface area contributed by atoms with Gasteiger partial charge in [0.1, 0.15) is 0 Å². The van der Waals surface area contributed by atoms with E-state index in [4.69, 9.17) is 9.97 Å². The van der Waals surface area contributed by atoms with Crippen LogP contribution in [0, 0.1) is 0 Å². The Balaban J connectivity index is 1.51. The maximum Gasteiger partial charge on any atom is 0.289 e. The summed E-state index contributed by atoms with van der Waals surface area (Å²) < 4.78 is 4.87. The summed E-state index contributed by atoms with van der Waals surface area (Å²) in [5.74, 6) is 0.472. The van der Waals surface area contributed by atoms with E-state index in [-0.39, 0.29) is 5.78 Å². The van der Waals surface area contributed by atoms with E-state index in [2.05, 4.69) is 28.1 Å². The zero-order valence-corrected chi connectivity index (χ0v) is 21.9. The molecule has 0 saturated heterocycles. The Morgan fingerprint density at radius 3 is 2.24 bits per heavy atom. The SMILES string of the molecule is O=C(/C=C/c1cn(-c2nc(-c3ccccc3)c3cc(Br)ccc3n2)[n+](-c2ccccc2)c1)c1ccccc1. The normalized spacial score (nSPS) is 11.3. The van der Waals surface area contributed by atoms with Gasteiger partial charge >= 0.3 is 0 Å². The minimum absolute atomic E-state index is 0.0523. The van der Waals surface area contributed by atoms with Gasteiger partial charge in [0.05, 0.1) is 23.0 Å². The fourth-order valence-electron chi connectivity index (χ4n) is 4.34. The second kappa shape index (κ2) is 10.4. The molecule has 2 aromatic heterocycles. The van der Waals surface area contributed by atoms with Crippen molar-refractivity contribution in [2.45, 2.75) is 0 Å². The second-order valence-electron chi connectivity index (χ2n) is 8.75. The van der Waals surface area contributed by atoms with E-state index in [9.17, 15) is 4.79 Å². The van der Waals surface area contributed by atoms with Gasteiger partial charge in [-0.3, -0.25) is 4.79 Å². The van der Waals surface area contributed by atoms with Gasteiger partial charge in [0, 0.05) is 33.1 Å². The maximum absolute atomic E-state index is 12.7. The van der Waals surface area contributed by atoms with Crippen LogP contribution in [0.25, 0.3) is 39.9 Å².